The number of sulfonamides is 1. The van der Waals surface area contributed by atoms with Crippen LogP contribution >= 0.6 is 11.3 Å². The van der Waals surface area contributed by atoms with Crippen LogP contribution < -0.4 is 0 Å². The highest BCUT2D eigenvalue weighted by Gasteiger charge is 2.40. The highest BCUT2D eigenvalue weighted by atomic mass is 32.2. The van der Waals surface area contributed by atoms with Crippen LogP contribution in [0, 0.1) is 0 Å². The summed E-state index contributed by atoms with van der Waals surface area (Å²) in [6, 6.07) is 1.40. The molecule has 1 aliphatic rings. The molecule has 2 aromatic rings. The van der Waals surface area contributed by atoms with Crippen LogP contribution in [-0.2, 0) is 14.8 Å². The largest absolute Gasteiger partial charge is 0.465 e. The van der Waals surface area contributed by atoms with Gasteiger partial charge in [-0.05, 0) is 11.4 Å². The van der Waals surface area contributed by atoms with E-state index in [4.69, 9.17) is 0 Å². The molecule has 21 heavy (non-hydrogen) atoms. The topological polar surface area (TPSA) is 94.4 Å². The van der Waals surface area contributed by atoms with E-state index < -0.39 is 16.0 Å². The van der Waals surface area contributed by atoms with Gasteiger partial charge in [0.1, 0.15) is 9.77 Å². The van der Waals surface area contributed by atoms with Crippen molar-refractivity contribution in [2.45, 2.75) is 10.9 Å². The Labute approximate surface area is 125 Å². The summed E-state index contributed by atoms with van der Waals surface area (Å²) < 4.78 is 32.6. The number of esters is 1. The molecular formula is C11H12N4O4S2. The van der Waals surface area contributed by atoms with Gasteiger partial charge in [-0.1, -0.05) is 5.21 Å². The van der Waals surface area contributed by atoms with E-state index in [2.05, 4.69) is 15.0 Å². The predicted molar refractivity (Wildman–Crippen MR) is 73.5 cm³/mol. The molecule has 0 saturated carbocycles. The van der Waals surface area contributed by atoms with Crippen LogP contribution in [0.2, 0.25) is 0 Å². The van der Waals surface area contributed by atoms with Gasteiger partial charge >= 0.3 is 5.97 Å². The first-order chi connectivity index (χ1) is 10.0. The lowest BCUT2D eigenvalue weighted by Gasteiger charge is -2.37. The van der Waals surface area contributed by atoms with Gasteiger partial charge in [-0.2, -0.15) is 4.31 Å². The Bertz CT molecular complexity index is 747. The quantitative estimate of drug-likeness (QED) is 0.753. The molecule has 0 N–H and O–H groups in total. The average Bonchev–Trinajstić information content (AvgIpc) is 3.06. The molecule has 0 amide bonds. The molecule has 1 saturated heterocycles. The first-order valence-electron chi connectivity index (χ1n) is 6.06. The molecule has 1 aliphatic heterocycles. The average molecular weight is 328 g/mol. The maximum absolute atomic E-state index is 12.5. The Morgan fingerprint density at radius 1 is 1.48 bits per heavy atom. The number of hydrogen-bond acceptors (Lipinski definition) is 7. The van der Waals surface area contributed by atoms with Gasteiger partial charge in [0.05, 0.1) is 19.3 Å². The van der Waals surface area contributed by atoms with Crippen LogP contribution in [0.15, 0.2) is 28.7 Å². The molecular weight excluding hydrogens is 316 g/mol. The summed E-state index contributed by atoms with van der Waals surface area (Å²) >= 11 is 1.05. The van der Waals surface area contributed by atoms with E-state index in [1.807, 2.05) is 0 Å². The van der Waals surface area contributed by atoms with Crippen LogP contribution in [-0.4, -0.2) is 53.9 Å². The van der Waals surface area contributed by atoms with Gasteiger partial charge in [-0.15, -0.1) is 16.4 Å². The minimum atomic E-state index is -3.69. The number of carbonyl (C=O) groups is 1. The van der Waals surface area contributed by atoms with E-state index in [0.29, 0.717) is 13.1 Å². The lowest BCUT2D eigenvalue weighted by molar-refractivity contribution is 0.0602. The van der Waals surface area contributed by atoms with Crippen molar-refractivity contribution in [3.8, 4) is 0 Å². The molecule has 0 aromatic carbocycles. The molecule has 0 aliphatic carbocycles. The SMILES string of the molecule is COC(=O)c1sccc1S(=O)(=O)N1CC(n2ccnn2)C1. The Balaban J connectivity index is 1.80. The van der Waals surface area contributed by atoms with Gasteiger partial charge in [0.2, 0.25) is 10.0 Å². The monoisotopic (exact) mass is 328 g/mol. The molecule has 2 aromatic heterocycles. The van der Waals surface area contributed by atoms with Crippen molar-refractivity contribution in [3.63, 3.8) is 0 Å². The van der Waals surface area contributed by atoms with Crippen LogP contribution in [0.4, 0.5) is 0 Å². The zero-order chi connectivity index (χ0) is 15.0. The van der Waals surface area contributed by atoms with Crippen molar-refractivity contribution in [1.29, 1.82) is 0 Å². The fourth-order valence-corrected chi connectivity index (χ4v) is 4.90. The fourth-order valence-electron chi connectivity index (χ4n) is 2.07. The van der Waals surface area contributed by atoms with E-state index in [-0.39, 0.29) is 15.8 Å². The van der Waals surface area contributed by atoms with Crippen LogP contribution in [0.1, 0.15) is 15.7 Å². The summed E-state index contributed by atoms with van der Waals surface area (Å²) in [6.07, 6.45) is 3.24. The third kappa shape index (κ3) is 2.34. The van der Waals surface area contributed by atoms with Crippen molar-refractivity contribution >= 4 is 27.3 Å². The number of rotatable bonds is 4. The third-order valence-electron chi connectivity index (χ3n) is 3.26. The van der Waals surface area contributed by atoms with E-state index in [0.717, 1.165) is 11.3 Å². The van der Waals surface area contributed by atoms with Gasteiger partial charge < -0.3 is 4.74 Å². The molecule has 1 fully saturated rings. The van der Waals surface area contributed by atoms with E-state index in [1.165, 1.54) is 17.5 Å². The Kier molecular flexibility index (Phi) is 3.51. The predicted octanol–water partition coefficient (Wildman–Crippen LogP) is 0.372. The number of nitrogens with zero attached hydrogens (tertiary/aromatic N) is 4. The molecule has 0 unspecified atom stereocenters. The number of ether oxygens (including phenoxy) is 1. The Hall–Kier alpha value is -1.78. The molecule has 0 spiro atoms. The molecule has 8 nitrogen and oxygen atoms in total. The Morgan fingerprint density at radius 2 is 2.24 bits per heavy atom. The molecule has 10 heteroatoms. The van der Waals surface area contributed by atoms with Crippen molar-refractivity contribution in [3.05, 3.63) is 28.7 Å². The van der Waals surface area contributed by atoms with Crippen LogP contribution in [0.25, 0.3) is 0 Å². The lowest BCUT2D eigenvalue weighted by atomic mass is 10.2. The summed E-state index contributed by atoms with van der Waals surface area (Å²) in [7, 11) is -2.46. The maximum atomic E-state index is 12.5. The highest BCUT2D eigenvalue weighted by Crippen LogP contribution is 2.31. The fraction of sp³-hybridized carbons (Fsp3) is 0.364. The number of methoxy groups -OCH3 is 1. The number of hydrogen-bond donors (Lipinski definition) is 0. The second kappa shape index (κ2) is 5.20. The third-order valence-corrected chi connectivity index (χ3v) is 6.16. The maximum Gasteiger partial charge on any atom is 0.349 e. The number of aromatic nitrogens is 3. The van der Waals surface area contributed by atoms with E-state index >= 15 is 0 Å². The minimum absolute atomic E-state index is 0.00334. The molecule has 0 atom stereocenters. The summed E-state index contributed by atoms with van der Waals surface area (Å²) in [5.41, 5.74) is 0. The summed E-state index contributed by atoms with van der Waals surface area (Å²) in [5.74, 6) is -0.642. The summed E-state index contributed by atoms with van der Waals surface area (Å²) in [6.45, 7) is 0.615. The van der Waals surface area contributed by atoms with E-state index in [9.17, 15) is 13.2 Å². The van der Waals surface area contributed by atoms with Crippen LogP contribution in [0.5, 0.6) is 0 Å². The number of carbonyl (C=O) groups excluding carboxylic acids is 1. The lowest BCUT2D eigenvalue weighted by Crippen LogP contribution is -2.50. The van der Waals surface area contributed by atoms with Crippen molar-refractivity contribution in [1.82, 2.24) is 19.3 Å². The molecule has 3 rings (SSSR count). The van der Waals surface area contributed by atoms with Crippen molar-refractivity contribution in [2.75, 3.05) is 20.2 Å². The summed E-state index contributed by atoms with van der Waals surface area (Å²) in [4.78, 5) is 11.7. The first kappa shape index (κ1) is 14.2. The van der Waals surface area contributed by atoms with Crippen molar-refractivity contribution < 1.29 is 17.9 Å². The molecule has 112 valence electrons. The van der Waals surface area contributed by atoms with Gasteiger partial charge in [-0.25, -0.2) is 17.9 Å². The highest BCUT2D eigenvalue weighted by molar-refractivity contribution is 7.89. The van der Waals surface area contributed by atoms with Gasteiger partial charge in [0, 0.05) is 19.3 Å². The smallest absolute Gasteiger partial charge is 0.349 e. The zero-order valence-corrected chi connectivity index (χ0v) is 12.7. The molecule has 0 radical (unpaired) electrons. The van der Waals surface area contributed by atoms with Crippen molar-refractivity contribution in [2.24, 2.45) is 0 Å². The van der Waals surface area contributed by atoms with Gasteiger partial charge in [0.15, 0.2) is 0 Å². The normalized spacial score (nSPS) is 16.6. The zero-order valence-electron chi connectivity index (χ0n) is 11.0. The van der Waals surface area contributed by atoms with E-state index in [1.54, 1.807) is 22.5 Å². The summed E-state index contributed by atoms with van der Waals surface area (Å²) in [5, 5.41) is 9.11. The molecule has 0 bridgehead atoms. The minimum Gasteiger partial charge on any atom is -0.465 e. The standard InChI is InChI=1S/C11H12N4O4S2/c1-19-11(16)10-9(2-5-20-10)21(17,18)14-6-8(7-14)15-4-3-12-13-15/h2-5,8H,6-7H2,1H3. The first-order valence-corrected chi connectivity index (χ1v) is 8.37. The second-order valence-corrected chi connectivity index (χ2v) is 7.29. The van der Waals surface area contributed by atoms with Gasteiger partial charge in [-0.3, -0.25) is 0 Å². The number of thiophene rings is 1. The second-order valence-electron chi connectivity index (χ2n) is 4.46. The van der Waals surface area contributed by atoms with Gasteiger partial charge in [0.25, 0.3) is 0 Å². The Morgan fingerprint density at radius 3 is 2.86 bits per heavy atom. The molecule has 3 heterocycles. The van der Waals surface area contributed by atoms with Crippen LogP contribution in [0.3, 0.4) is 0 Å².